The molecule has 0 radical (unpaired) electrons. The molecule has 2 rings (SSSR count). The molecular weight excluding hydrogens is 273 g/mol. The standard InChI is InChI=1S/C15H16FN3O2/c1-8-9(2)14(21)11(10(3)13(8)20)4-6-17-15-18-7-5-12(16)19-15/h5,7H,4,6H2,1-3H3,(H,17,18,19). The number of hydrogen-bond donors (Lipinski definition) is 1. The zero-order chi connectivity index (χ0) is 15.6. The van der Waals surface area contributed by atoms with Crippen LogP contribution >= 0.6 is 0 Å². The number of nitrogens with one attached hydrogen (secondary N) is 1. The van der Waals surface area contributed by atoms with Crippen molar-refractivity contribution in [3.63, 3.8) is 0 Å². The van der Waals surface area contributed by atoms with Crippen LogP contribution in [0.15, 0.2) is 34.6 Å². The molecule has 110 valence electrons. The minimum absolute atomic E-state index is 0.0934. The molecule has 6 heteroatoms. The van der Waals surface area contributed by atoms with Crippen molar-refractivity contribution in [2.24, 2.45) is 0 Å². The third-order valence-corrected chi connectivity index (χ3v) is 3.59. The number of hydrogen-bond acceptors (Lipinski definition) is 5. The molecule has 0 fully saturated rings. The highest BCUT2D eigenvalue weighted by Crippen LogP contribution is 2.25. The van der Waals surface area contributed by atoms with Crippen LogP contribution < -0.4 is 5.32 Å². The van der Waals surface area contributed by atoms with Gasteiger partial charge in [-0.2, -0.15) is 9.37 Å². The van der Waals surface area contributed by atoms with Crippen molar-refractivity contribution in [1.82, 2.24) is 9.97 Å². The van der Waals surface area contributed by atoms with Crippen molar-refractivity contribution >= 4 is 17.5 Å². The highest BCUT2D eigenvalue weighted by Gasteiger charge is 2.27. The van der Waals surface area contributed by atoms with Gasteiger partial charge in [0.25, 0.3) is 0 Å². The Morgan fingerprint density at radius 2 is 1.76 bits per heavy atom. The van der Waals surface area contributed by atoms with Gasteiger partial charge in [0.05, 0.1) is 0 Å². The van der Waals surface area contributed by atoms with E-state index in [1.165, 1.54) is 6.20 Å². The smallest absolute Gasteiger partial charge is 0.225 e. The van der Waals surface area contributed by atoms with E-state index in [0.717, 1.165) is 6.07 Å². The minimum Gasteiger partial charge on any atom is -0.354 e. The van der Waals surface area contributed by atoms with Gasteiger partial charge in [0.2, 0.25) is 11.9 Å². The normalized spacial score (nSPS) is 15.8. The Labute approximate surface area is 122 Å². The van der Waals surface area contributed by atoms with Crippen molar-refractivity contribution in [2.45, 2.75) is 27.2 Å². The Morgan fingerprint density at radius 1 is 1.10 bits per heavy atom. The first-order valence-electron chi connectivity index (χ1n) is 6.61. The monoisotopic (exact) mass is 289 g/mol. The summed E-state index contributed by atoms with van der Waals surface area (Å²) in [5.74, 6) is -0.664. The molecule has 0 saturated carbocycles. The average molecular weight is 289 g/mol. The Balaban J connectivity index is 2.06. The second-order valence-corrected chi connectivity index (χ2v) is 4.89. The van der Waals surface area contributed by atoms with E-state index < -0.39 is 5.95 Å². The van der Waals surface area contributed by atoms with Crippen LogP contribution in [0.1, 0.15) is 27.2 Å². The van der Waals surface area contributed by atoms with E-state index >= 15 is 0 Å². The highest BCUT2D eigenvalue weighted by atomic mass is 19.1. The summed E-state index contributed by atoms with van der Waals surface area (Å²) >= 11 is 0. The van der Waals surface area contributed by atoms with E-state index in [1.54, 1.807) is 20.8 Å². The fourth-order valence-corrected chi connectivity index (χ4v) is 2.18. The third-order valence-electron chi connectivity index (χ3n) is 3.59. The van der Waals surface area contributed by atoms with Crippen molar-refractivity contribution in [2.75, 3.05) is 11.9 Å². The topological polar surface area (TPSA) is 72.0 Å². The van der Waals surface area contributed by atoms with E-state index in [2.05, 4.69) is 15.3 Å². The fraction of sp³-hybridized carbons (Fsp3) is 0.333. The summed E-state index contributed by atoms with van der Waals surface area (Å²) in [6, 6.07) is 1.15. The number of halogens is 1. The van der Waals surface area contributed by atoms with Crippen LogP contribution in [0.2, 0.25) is 0 Å². The molecule has 1 aromatic heterocycles. The van der Waals surface area contributed by atoms with E-state index in [-0.39, 0.29) is 17.5 Å². The number of rotatable bonds is 4. The molecule has 1 aromatic rings. The van der Waals surface area contributed by atoms with Crippen LogP contribution in [0.5, 0.6) is 0 Å². The van der Waals surface area contributed by atoms with Crippen LogP contribution in [-0.4, -0.2) is 28.1 Å². The van der Waals surface area contributed by atoms with E-state index in [4.69, 9.17) is 0 Å². The number of ketones is 2. The lowest BCUT2D eigenvalue weighted by molar-refractivity contribution is -0.116. The number of allylic oxidation sites excluding steroid dienone is 3. The first kappa shape index (κ1) is 15.0. The van der Waals surface area contributed by atoms with Gasteiger partial charge in [-0.05, 0) is 27.2 Å². The summed E-state index contributed by atoms with van der Waals surface area (Å²) in [4.78, 5) is 31.6. The summed E-state index contributed by atoms with van der Waals surface area (Å²) in [5, 5.41) is 2.84. The number of nitrogens with zero attached hydrogens (tertiary/aromatic N) is 2. The Hall–Kier alpha value is -2.37. The molecule has 0 unspecified atom stereocenters. The quantitative estimate of drug-likeness (QED) is 0.679. The maximum Gasteiger partial charge on any atom is 0.225 e. The Morgan fingerprint density at radius 3 is 2.43 bits per heavy atom. The van der Waals surface area contributed by atoms with Crippen LogP contribution in [0.4, 0.5) is 10.3 Å². The summed E-state index contributed by atoms with van der Waals surface area (Å²) in [7, 11) is 0. The zero-order valence-electron chi connectivity index (χ0n) is 12.2. The number of Topliss-reactive ketones (excluding diaryl/α,β-unsaturated/α-hetero) is 2. The largest absolute Gasteiger partial charge is 0.354 e. The van der Waals surface area contributed by atoms with Crippen LogP contribution in [0.3, 0.4) is 0 Å². The SMILES string of the molecule is CC1=C(C)C(=O)C(CCNc2nccc(F)n2)=C(C)C1=O. The second-order valence-electron chi connectivity index (χ2n) is 4.89. The highest BCUT2D eigenvalue weighted by molar-refractivity contribution is 6.24. The molecule has 0 bridgehead atoms. The van der Waals surface area contributed by atoms with Crippen molar-refractivity contribution in [1.29, 1.82) is 0 Å². The van der Waals surface area contributed by atoms with Crippen LogP contribution in [-0.2, 0) is 9.59 Å². The van der Waals surface area contributed by atoms with Gasteiger partial charge in [0.1, 0.15) is 0 Å². The first-order valence-corrected chi connectivity index (χ1v) is 6.61. The summed E-state index contributed by atoms with van der Waals surface area (Å²) < 4.78 is 12.9. The van der Waals surface area contributed by atoms with Crippen molar-refractivity contribution < 1.29 is 14.0 Å². The molecule has 1 aliphatic carbocycles. The van der Waals surface area contributed by atoms with Gasteiger partial charge in [0, 0.05) is 41.1 Å². The molecule has 1 heterocycles. The minimum atomic E-state index is -0.624. The van der Waals surface area contributed by atoms with Crippen molar-refractivity contribution in [3.05, 3.63) is 40.5 Å². The molecule has 0 saturated heterocycles. The number of carbonyl (C=O) groups is 2. The molecule has 0 aromatic carbocycles. The summed E-state index contributed by atoms with van der Waals surface area (Å²) in [5.41, 5.74) is 1.96. The molecular formula is C15H16FN3O2. The average Bonchev–Trinajstić information content (AvgIpc) is 2.47. The number of aromatic nitrogens is 2. The van der Waals surface area contributed by atoms with Crippen LogP contribution in [0.25, 0.3) is 0 Å². The molecule has 0 aliphatic heterocycles. The van der Waals surface area contributed by atoms with E-state index in [0.29, 0.717) is 35.3 Å². The molecule has 0 amide bonds. The third kappa shape index (κ3) is 3.04. The van der Waals surface area contributed by atoms with Gasteiger partial charge in [0.15, 0.2) is 11.6 Å². The zero-order valence-corrected chi connectivity index (χ0v) is 12.2. The van der Waals surface area contributed by atoms with Gasteiger partial charge in [-0.3, -0.25) is 9.59 Å². The maximum atomic E-state index is 12.9. The molecule has 5 nitrogen and oxygen atoms in total. The second kappa shape index (κ2) is 5.95. The van der Waals surface area contributed by atoms with Gasteiger partial charge in [-0.1, -0.05) is 0 Å². The van der Waals surface area contributed by atoms with E-state index in [1.807, 2.05) is 0 Å². The molecule has 1 aliphatic rings. The Kier molecular flexibility index (Phi) is 4.26. The number of anilines is 1. The van der Waals surface area contributed by atoms with E-state index in [9.17, 15) is 14.0 Å². The molecule has 0 atom stereocenters. The van der Waals surface area contributed by atoms with Gasteiger partial charge < -0.3 is 5.32 Å². The predicted molar refractivity (Wildman–Crippen MR) is 76.2 cm³/mol. The summed E-state index contributed by atoms with van der Waals surface area (Å²) in [6.45, 7) is 5.32. The lowest BCUT2D eigenvalue weighted by Gasteiger charge is -2.18. The summed E-state index contributed by atoms with van der Waals surface area (Å²) in [6.07, 6.45) is 1.67. The Bertz CT molecular complexity index is 677. The van der Waals surface area contributed by atoms with Gasteiger partial charge >= 0.3 is 0 Å². The first-order chi connectivity index (χ1) is 9.91. The predicted octanol–water partition coefficient (Wildman–Crippen LogP) is 2.22. The van der Waals surface area contributed by atoms with Gasteiger partial charge in [-0.15, -0.1) is 0 Å². The van der Waals surface area contributed by atoms with Crippen LogP contribution in [0, 0.1) is 5.95 Å². The molecule has 0 spiro atoms. The maximum absolute atomic E-state index is 12.9. The lowest BCUT2D eigenvalue weighted by atomic mass is 9.84. The lowest BCUT2D eigenvalue weighted by Crippen LogP contribution is -2.22. The molecule has 1 N–H and O–H groups in total. The molecule has 21 heavy (non-hydrogen) atoms. The fourth-order valence-electron chi connectivity index (χ4n) is 2.18. The number of carbonyl (C=O) groups excluding carboxylic acids is 2. The van der Waals surface area contributed by atoms with Gasteiger partial charge in [-0.25, -0.2) is 4.98 Å². The van der Waals surface area contributed by atoms with Crippen molar-refractivity contribution in [3.8, 4) is 0 Å².